The maximum absolute atomic E-state index is 12.9. The normalized spacial score (nSPS) is 18.1. The monoisotopic (exact) mass is 556 g/mol. The molecule has 0 saturated carbocycles. The molecule has 3 aromatic heterocycles. The van der Waals surface area contributed by atoms with E-state index >= 15 is 0 Å². The number of nitrogens with one attached hydrogen (secondary N) is 1. The van der Waals surface area contributed by atoms with E-state index in [0.29, 0.717) is 65.1 Å². The van der Waals surface area contributed by atoms with E-state index in [1.54, 1.807) is 25.8 Å². The summed E-state index contributed by atoms with van der Waals surface area (Å²) in [5, 5.41) is 15.2. The molecular formula is C22H26Cl2N6O5S. The van der Waals surface area contributed by atoms with E-state index in [9.17, 15) is 14.7 Å². The van der Waals surface area contributed by atoms with Crippen molar-refractivity contribution in [1.82, 2.24) is 24.7 Å². The van der Waals surface area contributed by atoms with Crippen LogP contribution in [0.3, 0.4) is 0 Å². The molecule has 1 fully saturated rings. The highest BCUT2D eigenvalue weighted by Gasteiger charge is 2.34. The molecular weight excluding hydrogens is 531 g/mol. The van der Waals surface area contributed by atoms with Crippen molar-refractivity contribution in [1.29, 1.82) is 0 Å². The molecule has 1 aliphatic rings. The maximum Gasteiger partial charge on any atom is 0.348 e. The molecule has 0 radical (unpaired) electrons. The Hall–Kier alpha value is -2.51. The molecule has 2 atom stereocenters. The van der Waals surface area contributed by atoms with Crippen LogP contribution in [0.1, 0.15) is 38.6 Å². The summed E-state index contributed by atoms with van der Waals surface area (Å²) in [6.45, 7) is 3.60. The number of carboxylic acid groups (broad SMARTS) is 1. The topological polar surface area (TPSA) is 135 Å². The molecule has 0 amide bonds. The smallest absolute Gasteiger partial charge is 0.348 e. The molecule has 0 unspecified atom stereocenters. The summed E-state index contributed by atoms with van der Waals surface area (Å²) in [5.74, 6) is -0.897. The van der Waals surface area contributed by atoms with E-state index in [1.165, 1.54) is 6.33 Å². The average molecular weight is 557 g/mol. The number of carbonyl (C=O) groups excluding carboxylic acids is 1. The third-order valence-electron chi connectivity index (χ3n) is 6.25. The minimum absolute atomic E-state index is 0.0484. The number of hydrogen-bond donors (Lipinski definition) is 2. The van der Waals surface area contributed by atoms with Crippen LogP contribution in [0.15, 0.2) is 6.33 Å². The van der Waals surface area contributed by atoms with Crippen LogP contribution in [-0.2, 0) is 16.0 Å². The number of halogens is 2. The SMILES string of the molecule is COCCn1ncnc1-c1nc(N2CC[C@@H](CC(=O)c3[nH]c(Cl)c(C)c3Cl)[C@@H](OC)C2)sc1C(=O)O. The Morgan fingerprint density at radius 1 is 1.33 bits per heavy atom. The summed E-state index contributed by atoms with van der Waals surface area (Å²) in [5.41, 5.74) is 1.22. The predicted octanol–water partition coefficient (Wildman–Crippen LogP) is 3.80. The number of methoxy groups -OCH3 is 2. The van der Waals surface area contributed by atoms with Crippen LogP contribution in [0.4, 0.5) is 5.13 Å². The van der Waals surface area contributed by atoms with Crippen LogP contribution in [0.2, 0.25) is 10.2 Å². The lowest BCUT2D eigenvalue weighted by molar-refractivity contribution is 0.0375. The molecule has 36 heavy (non-hydrogen) atoms. The van der Waals surface area contributed by atoms with Gasteiger partial charge >= 0.3 is 5.97 Å². The number of rotatable bonds is 10. The Balaban J connectivity index is 1.52. The Morgan fingerprint density at radius 2 is 2.11 bits per heavy atom. The average Bonchev–Trinajstić information content (AvgIpc) is 3.57. The molecule has 2 N–H and O–H groups in total. The number of ether oxygens (including phenoxy) is 2. The number of nitrogens with zero attached hydrogens (tertiary/aromatic N) is 5. The van der Waals surface area contributed by atoms with Crippen LogP contribution >= 0.6 is 34.5 Å². The van der Waals surface area contributed by atoms with E-state index in [4.69, 9.17) is 32.7 Å². The summed E-state index contributed by atoms with van der Waals surface area (Å²) < 4.78 is 12.4. The molecule has 14 heteroatoms. The number of anilines is 1. The molecule has 0 spiro atoms. The number of carboxylic acids is 1. The van der Waals surface area contributed by atoms with Crippen molar-refractivity contribution in [3.63, 3.8) is 0 Å². The van der Waals surface area contributed by atoms with Crippen LogP contribution in [0.5, 0.6) is 0 Å². The number of piperidine rings is 1. The zero-order chi connectivity index (χ0) is 26.0. The van der Waals surface area contributed by atoms with Crippen molar-refractivity contribution >= 4 is 51.4 Å². The maximum atomic E-state index is 12.9. The number of hydrogen-bond acceptors (Lipinski definition) is 9. The summed E-state index contributed by atoms with van der Waals surface area (Å²) in [6.07, 6.45) is 1.99. The Labute approximate surface area is 221 Å². The van der Waals surface area contributed by atoms with E-state index in [2.05, 4.69) is 20.1 Å². The highest BCUT2D eigenvalue weighted by Crippen LogP contribution is 2.36. The van der Waals surface area contributed by atoms with E-state index in [-0.39, 0.29) is 34.8 Å². The third kappa shape index (κ3) is 5.28. The van der Waals surface area contributed by atoms with Crippen LogP contribution in [0.25, 0.3) is 11.5 Å². The number of ketones is 1. The molecule has 4 heterocycles. The van der Waals surface area contributed by atoms with Gasteiger partial charge in [-0.1, -0.05) is 34.5 Å². The first-order valence-electron chi connectivity index (χ1n) is 11.2. The first-order valence-corrected chi connectivity index (χ1v) is 12.8. The fourth-order valence-corrected chi connectivity index (χ4v) is 5.66. The fraction of sp³-hybridized carbons (Fsp3) is 0.500. The van der Waals surface area contributed by atoms with E-state index in [0.717, 1.165) is 11.3 Å². The lowest BCUT2D eigenvalue weighted by Gasteiger charge is -2.37. The second-order valence-corrected chi connectivity index (χ2v) is 10.2. The van der Waals surface area contributed by atoms with Crippen molar-refractivity contribution in [3.8, 4) is 11.5 Å². The minimum atomic E-state index is -1.09. The van der Waals surface area contributed by atoms with Crippen molar-refractivity contribution in [2.24, 2.45) is 5.92 Å². The van der Waals surface area contributed by atoms with Gasteiger partial charge in [0.2, 0.25) is 0 Å². The van der Waals surface area contributed by atoms with Gasteiger partial charge in [-0.15, -0.1) is 0 Å². The number of aromatic nitrogens is 5. The first-order chi connectivity index (χ1) is 17.2. The number of Topliss-reactive ketones (excluding diaryl/α,β-unsaturated/α-hetero) is 1. The largest absolute Gasteiger partial charge is 0.477 e. The molecule has 1 aliphatic heterocycles. The second kappa shape index (κ2) is 11.3. The standard InChI is InChI=1S/C22H26Cl2N6O5S/c1-11-15(23)16(27-19(11)24)13(31)8-12-4-5-29(9-14(12)35-3)22-28-17(18(36-22)21(32)33)20-25-10-26-30(20)6-7-34-2/h10,12,14,27H,4-9H2,1-3H3,(H,32,33)/t12-,14-/m0/s1. The van der Waals surface area contributed by atoms with Crippen molar-refractivity contribution in [2.45, 2.75) is 32.4 Å². The summed E-state index contributed by atoms with van der Waals surface area (Å²) in [4.78, 5) is 38.7. The molecule has 0 bridgehead atoms. The van der Waals surface area contributed by atoms with Gasteiger partial charge in [-0.25, -0.2) is 19.4 Å². The van der Waals surface area contributed by atoms with E-state index in [1.807, 2.05) is 4.90 Å². The predicted molar refractivity (Wildman–Crippen MR) is 136 cm³/mol. The van der Waals surface area contributed by atoms with Crippen LogP contribution in [-0.4, -0.2) is 81.6 Å². The molecule has 0 aromatic carbocycles. The summed E-state index contributed by atoms with van der Waals surface area (Å²) in [7, 11) is 3.18. The van der Waals surface area contributed by atoms with Gasteiger partial charge in [0.1, 0.15) is 27.7 Å². The quantitative estimate of drug-likeness (QED) is 0.357. The van der Waals surface area contributed by atoms with E-state index < -0.39 is 5.97 Å². The van der Waals surface area contributed by atoms with Gasteiger partial charge in [-0.05, 0) is 19.3 Å². The fourth-order valence-electron chi connectivity index (χ4n) is 4.24. The highest BCUT2D eigenvalue weighted by molar-refractivity contribution is 7.17. The van der Waals surface area contributed by atoms with Crippen LogP contribution < -0.4 is 4.90 Å². The Morgan fingerprint density at radius 3 is 2.75 bits per heavy atom. The van der Waals surface area contributed by atoms with Crippen molar-refractivity contribution < 1.29 is 24.2 Å². The molecule has 0 aliphatic carbocycles. The van der Waals surface area contributed by atoms with Gasteiger partial charge < -0.3 is 24.5 Å². The molecule has 194 valence electrons. The zero-order valence-electron chi connectivity index (χ0n) is 20.0. The Kier molecular flexibility index (Phi) is 8.30. The molecule has 1 saturated heterocycles. The van der Waals surface area contributed by atoms with Crippen LogP contribution in [0, 0.1) is 12.8 Å². The van der Waals surface area contributed by atoms with Gasteiger partial charge in [0, 0.05) is 39.3 Å². The molecule has 3 aromatic rings. The number of carbonyl (C=O) groups is 2. The zero-order valence-corrected chi connectivity index (χ0v) is 22.3. The number of H-pyrrole nitrogens is 1. The number of aromatic amines is 1. The van der Waals surface area contributed by atoms with Gasteiger partial charge in [-0.2, -0.15) is 5.10 Å². The van der Waals surface area contributed by atoms with Gasteiger partial charge in [-0.3, -0.25) is 4.79 Å². The van der Waals surface area contributed by atoms with Crippen molar-refractivity contribution in [3.05, 3.63) is 32.6 Å². The Bertz CT molecular complexity index is 1260. The number of aromatic carboxylic acids is 1. The third-order valence-corrected chi connectivity index (χ3v) is 8.21. The highest BCUT2D eigenvalue weighted by atomic mass is 35.5. The minimum Gasteiger partial charge on any atom is -0.477 e. The van der Waals surface area contributed by atoms with Gasteiger partial charge in [0.25, 0.3) is 0 Å². The summed E-state index contributed by atoms with van der Waals surface area (Å²) in [6, 6.07) is 0. The van der Waals surface area contributed by atoms with Crippen molar-refractivity contribution in [2.75, 3.05) is 38.8 Å². The summed E-state index contributed by atoms with van der Waals surface area (Å²) >= 11 is 13.4. The first kappa shape index (κ1) is 26.6. The second-order valence-electron chi connectivity index (χ2n) is 8.43. The van der Waals surface area contributed by atoms with Gasteiger partial charge in [0.05, 0.1) is 24.3 Å². The molecule has 11 nitrogen and oxygen atoms in total. The molecule has 4 rings (SSSR count). The lowest BCUT2D eigenvalue weighted by atomic mass is 9.88. The lowest BCUT2D eigenvalue weighted by Crippen LogP contribution is -2.45. The number of thiazole rings is 1. The van der Waals surface area contributed by atoms with Gasteiger partial charge in [0.15, 0.2) is 16.7 Å².